The second-order valence-electron chi connectivity index (χ2n) is 6.87. The molecular weight excluding hydrogens is 394 g/mol. The topological polar surface area (TPSA) is 122 Å². The molecule has 0 saturated carbocycles. The average molecular weight is 415 g/mol. The van der Waals surface area contributed by atoms with Crippen LogP contribution in [0.2, 0.25) is 0 Å². The van der Waals surface area contributed by atoms with Crippen molar-refractivity contribution in [1.82, 2.24) is 18.7 Å². The lowest BCUT2D eigenvalue weighted by Gasteiger charge is -2.15. The lowest BCUT2D eigenvalue weighted by Crippen LogP contribution is -2.42. The third kappa shape index (κ3) is 3.39. The number of nitrogens with zero attached hydrogens (tertiary/aromatic N) is 4. The molecule has 1 unspecified atom stereocenters. The summed E-state index contributed by atoms with van der Waals surface area (Å²) in [7, 11) is 4.26. The number of rotatable bonds is 4. The van der Waals surface area contributed by atoms with Gasteiger partial charge in [-0.1, -0.05) is 23.4 Å². The highest BCUT2D eigenvalue weighted by atomic mass is 32.2. The molecule has 2 aromatic heterocycles. The highest BCUT2D eigenvalue weighted by Crippen LogP contribution is 2.25. The first-order valence-electron chi connectivity index (χ1n) is 8.78. The number of benzene rings is 1. The number of aryl methyl sites for hydroxylation is 1. The molecule has 152 valence electrons. The Morgan fingerprint density at radius 2 is 1.72 bits per heavy atom. The second kappa shape index (κ2) is 7.36. The second-order valence-corrected chi connectivity index (χ2v) is 8.18. The fraction of sp³-hybridized carbons (Fsp3) is 0.316. The maximum atomic E-state index is 13.0. The van der Waals surface area contributed by atoms with E-state index in [-0.39, 0.29) is 16.9 Å². The number of carbonyl (C=O) groups excluding carboxylic acids is 1. The van der Waals surface area contributed by atoms with E-state index >= 15 is 0 Å². The van der Waals surface area contributed by atoms with Crippen LogP contribution in [-0.2, 0) is 21.1 Å². The Hall–Kier alpha value is -3.14. The van der Waals surface area contributed by atoms with Gasteiger partial charge in [-0.15, -0.1) is 0 Å². The van der Waals surface area contributed by atoms with Crippen molar-refractivity contribution in [1.29, 1.82) is 0 Å². The molecule has 0 radical (unpaired) electrons. The molecule has 0 bridgehead atoms. The zero-order valence-electron chi connectivity index (χ0n) is 16.7. The van der Waals surface area contributed by atoms with E-state index in [1.807, 2.05) is 13.0 Å². The molecule has 0 amide bonds. The van der Waals surface area contributed by atoms with Crippen LogP contribution in [0.5, 0.6) is 0 Å². The maximum Gasteiger partial charge on any atom is 0.332 e. The number of aromatic nitrogens is 4. The number of ketones is 1. The molecule has 10 heteroatoms. The van der Waals surface area contributed by atoms with Gasteiger partial charge in [-0.25, -0.2) is 9.78 Å². The van der Waals surface area contributed by atoms with E-state index in [0.717, 1.165) is 26.5 Å². The van der Waals surface area contributed by atoms with Crippen LogP contribution in [-0.4, -0.2) is 29.7 Å². The standard InChI is InChI=1S/C19H21N5O4S/c1-9-6-7-12-11(8-9)16(26)23(4)18(21-12)29-10(2)14(25)13-15(20)22(3)19(28)24(5)17(13)27/h6-8,10H,20H2,1-5H3. The van der Waals surface area contributed by atoms with Gasteiger partial charge in [0.15, 0.2) is 10.9 Å². The number of hydrogen-bond acceptors (Lipinski definition) is 7. The van der Waals surface area contributed by atoms with Gasteiger partial charge in [-0.05, 0) is 26.0 Å². The number of nitrogens with two attached hydrogens (primary N) is 1. The SMILES string of the molecule is Cc1ccc2nc(SC(C)C(=O)c3c(N)n(C)c(=O)n(C)c3=O)n(C)c(=O)c2c1. The monoisotopic (exact) mass is 415 g/mol. The summed E-state index contributed by atoms with van der Waals surface area (Å²) in [5.74, 6) is -0.728. The Morgan fingerprint density at radius 1 is 1.07 bits per heavy atom. The van der Waals surface area contributed by atoms with Crippen molar-refractivity contribution in [2.75, 3.05) is 5.73 Å². The molecule has 2 heterocycles. The van der Waals surface area contributed by atoms with Gasteiger partial charge in [0.25, 0.3) is 11.1 Å². The normalized spacial score (nSPS) is 12.3. The highest BCUT2D eigenvalue weighted by Gasteiger charge is 2.26. The van der Waals surface area contributed by atoms with Crippen molar-refractivity contribution in [2.45, 2.75) is 24.3 Å². The summed E-state index contributed by atoms with van der Waals surface area (Å²) < 4.78 is 3.27. The van der Waals surface area contributed by atoms with Crippen molar-refractivity contribution < 1.29 is 4.79 Å². The minimum atomic E-state index is -0.761. The van der Waals surface area contributed by atoms with Crippen LogP contribution in [0.3, 0.4) is 0 Å². The molecule has 3 rings (SSSR count). The number of anilines is 1. The van der Waals surface area contributed by atoms with E-state index in [2.05, 4.69) is 4.98 Å². The van der Waals surface area contributed by atoms with Gasteiger partial charge in [0.2, 0.25) is 0 Å². The third-order valence-corrected chi connectivity index (χ3v) is 5.94. The fourth-order valence-electron chi connectivity index (χ4n) is 2.98. The fourth-order valence-corrected chi connectivity index (χ4v) is 3.91. The van der Waals surface area contributed by atoms with Crippen LogP contribution >= 0.6 is 11.8 Å². The average Bonchev–Trinajstić information content (AvgIpc) is 2.69. The Bertz CT molecular complexity index is 1340. The van der Waals surface area contributed by atoms with Gasteiger partial charge in [0.05, 0.1) is 16.2 Å². The first kappa shape index (κ1) is 20.6. The quantitative estimate of drug-likeness (QED) is 0.376. The number of carbonyl (C=O) groups is 1. The third-order valence-electron chi connectivity index (χ3n) is 4.80. The molecule has 1 atom stereocenters. The summed E-state index contributed by atoms with van der Waals surface area (Å²) in [5.41, 5.74) is 5.51. The first-order chi connectivity index (χ1) is 13.5. The zero-order chi connectivity index (χ0) is 21.6. The van der Waals surface area contributed by atoms with Gasteiger partial charge >= 0.3 is 5.69 Å². The number of fused-ring (bicyclic) bond motifs is 1. The summed E-state index contributed by atoms with van der Waals surface area (Å²) in [6.07, 6.45) is 0. The zero-order valence-corrected chi connectivity index (χ0v) is 17.5. The van der Waals surface area contributed by atoms with E-state index in [4.69, 9.17) is 5.73 Å². The van der Waals surface area contributed by atoms with Crippen LogP contribution in [0, 0.1) is 6.92 Å². The molecule has 29 heavy (non-hydrogen) atoms. The molecule has 0 saturated heterocycles. The molecule has 0 aliphatic heterocycles. The van der Waals surface area contributed by atoms with Crippen molar-refractivity contribution in [3.8, 4) is 0 Å². The van der Waals surface area contributed by atoms with Crippen LogP contribution in [0.25, 0.3) is 10.9 Å². The van der Waals surface area contributed by atoms with E-state index in [1.165, 1.54) is 18.7 Å². The summed E-state index contributed by atoms with van der Waals surface area (Å²) in [4.78, 5) is 54.5. The molecule has 0 spiro atoms. The van der Waals surface area contributed by atoms with Gasteiger partial charge < -0.3 is 5.73 Å². The molecule has 0 aliphatic carbocycles. The van der Waals surface area contributed by atoms with E-state index in [1.54, 1.807) is 26.1 Å². The Labute approximate surface area is 169 Å². The number of thioether (sulfide) groups is 1. The maximum absolute atomic E-state index is 13.0. The lowest BCUT2D eigenvalue weighted by atomic mass is 10.1. The van der Waals surface area contributed by atoms with Crippen LogP contribution < -0.4 is 22.5 Å². The lowest BCUT2D eigenvalue weighted by molar-refractivity contribution is 0.0992. The number of hydrogen-bond donors (Lipinski definition) is 1. The van der Waals surface area contributed by atoms with Crippen molar-refractivity contribution in [3.05, 3.63) is 60.5 Å². The predicted molar refractivity (Wildman–Crippen MR) is 113 cm³/mol. The van der Waals surface area contributed by atoms with E-state index in [9.17, 15) is 19.2 Å². The minimum Gasteiger partial charge on any atom is -0.384 e. The summed E-state index contributed by atoms with van der Waals surface area (Å²) >= 11 is 1.05. The van der Waals surface area contributed by atoms with Gasteiger partial charge in [0, 0.05) is 21.1 Å². The van der Waals surface area contributed by atoms with Crippen LogP contribution in [0.4, 0.5) is 5.82 Å². The minimum absolute atomic E-state index is 0.189. The van der Waals surface area contributed by atoms with Gasteiger partial charge in [0.1, 0.15) is 11.4 Å². The van der Waals surface area contributed by atoms with E-state index < -0.39 is 22.3 Å². The van der Waals surface area contributed by atoms with Crippen LogP contribution in [0.1, 0.15) is 22.8 Å². The van der Waals surface area contributed by atoms with Crippen molar-refractivity contribution >= 4 is 34.3 Å². The summed E-state index contributed by atoms with van der Waals surface area (Å²) in [6, 6.07) is 5.37. The number of Topliss-reactive ketones (excluding diaryl/α,β-unsaturated/α-hetero) is 1. The summed E-state index contributed by atoms with van der Waals surface area (Å²) in [5, 5.41) is 0.0721. The molecule has 3 aromatic rings. The summed E-state index contributed by atoms with van der Waals surface area (Å²) in [6.45, 7) is 3.49. The Morgan fingerprint density at radius 3 is 2.38 bits per heavy atom. The van der Waals surface area contributed by atoms with Crippen LogP contribution in [0.15, 0.2) is 37.7 Å². The van der Waals surface area contributed by atoms with E-state index in [0.29, 0.717) is 16.1 Å². The Kier molecular flexibility index (Phi) is 5.22. The number of nitrogen functional groups attached to an aromatic ring is 1. The molecule has 9 nitrogen and oxygen atoms in total. The van der Waals surface area contributed by atoms with Crippen molar-refractivity contribution in [2.24, 2.45) is 21.1 Å². The van der Waals surface area contributed by atoms with Gasteiger partial charge in [-0.3, -0.25) is 28.1 Å². The molecule has 2 N–H and O–H groups in total. The predicted octanol–water partition coefficient (Wildman–Crippen LogP) is 0.585. The largest absolute Gasteiger partial charge is 0.384 e. The molecule has 0 aliphatic rings. The smallest absolute Gasteiger partial charge is 0.332 e. The molecular formula is C19H21N5O4S. The Balaban J connectivity index is 2.05. The molecule has 1 aromatic carbocycles. The molecule has 0 fully saturated rings. The highest BCUT2D eigenvalue weighted by molar-refractivity contribution is 8.00. The van der Waals surface area contributed by atoms with Crippen molar-refractivity contribution in [3.63, 3.8) is 0 Å². The van der Waals surface area contributed by atoms with Gasteiger partial charge in [-0.2, -0.15) is 0 Å². The first-order valence-corrected chi connectivity index (χ1v) is 9.66.